The van der Waals surface area contributed by atoms with E-state index in [4.69, 9.17) is 4.74 Å². The Morgan fingerprint density at radius 3 is 2.40 bits per heavy atom. The van der Waals surface area contributed by atoms with Crippen molar-refractivity contribution in [3.63, 3.8) is 0 Å². The van der Waals surface area contributed by atoms with E-state index in [1.807, 2.05) is 0 Å². The third kappa shape index (κ3) is 6.03. The molecule has 0 radical (unpaired) electrons. The first-order valence-electron chi connectivity index (χ1n) is 6.22. The van der Waals surface area contributed by atoms with Crippen LogP contribution in [0.1, 0.15) is 31.1 Å². The highest BCUT2D eigenvalue weighted by Gasteiger charge is 2.15. The summed E-state index contributed by atoms with van der Waals surface area (Å²) in [5, 5.41) is 5.13. The van der Waals surface area contributed by atoms with Gasteiger partial charge in [-0.05, 0) is 26.8 Å². The fraction of sp³-hybridized carbons (Fsp3) is 0.462. The van der Waals surface area contributed by atoms with Crippen LogP contribution in [0.25, 0.3) is 0 Å². The number of ether oxygens (including phenoxy) is 1. The predicted molar refractivity (Wildman–Crippen MR) is 73.6 cm³/mol. The van der Waals surface area contributed by atoms with Crippen LogP contribution in [0.4, 0.5) is 4.79 Å². The van der Waals surface area contributed by atoms with Crippen molar-refractivity contribution >= 4 is 12.0 Å². The number of H-pyrrole nitrogens is 1. The fourth-order valence-corrected chi connectivity index (χ4v) is 1.31. The monoisotopic (exact) mass is 281 g/mol. The Morgan fingerprint density at radius 1 is 1.20 bits per heavy atom. The lowest BCUT2D eigenvalue weighted by Gasteiger charge is -2.19. The zero-order valence-corrected chi connectivity index (χ0v) is 11.8. The molecule has 0 saturated heterocycles. The van der Waals surface area contributed by atoms with Crippen LogP contribution in [-0.2, 0) is 4.74 Å². The normalized spacial score (nSPS) is 10.8. The summed E-state index contributed by atoms with van der Waals surface area (Å²) in [7, 11) is 0. The first kappa shape index (κ1) is 15.7. The molecule has 0 aliphatic carbocycles. The van der Waals surface area contributed by atoms with Gasteiger partial charge < -0.3 is 20.4 Å². The molecule has 0 unspecified atom stereocenters. The number of rotatable bonds is 4. The highest BCUT2D eigenvalue weighted by atomic mass is 16.6. The highest BCUT2D eigenvalue weighted by Crippen LogP contribution is 2.05. The molecular weight excluding hydrogens is 262 g/mol. The average molecular weight is 281 g/mol. The predicted octanol–water partition coefficient (Wildman–Crippen LogP) is 0.629. The molecule has 20 heavy (non-hydrogen) atoms. The SMILES string of the molecule is CC(C)(C)OC(=O)NCCNC(=O)c1ccc(=O)[nH]c1. The maximum absolute atomic E-state index is 11.7. The van der Waals surface area contributed by atoms with Gasteiger partial charge in [-0.1, -0.05) is 0 Å². The van der Waals surface area contributed by atoms with Gasteiger partial charge in [0.15, 0.2) is 0 Å². The van der Waals surface area contributed by atoms with E-state index in [9.17, 15) is 14.4 Å². The van der Waals surface area contributed by atoms with Gasteiger partial charge in [0.1, 0.15) is 5.60 Å². The minimum atomic E-state index is -0.552. The molecule has 2 amide bonds. The maximum Gasteiger partial charge on any atom is 0.407 e. The Balaban J connectivity index is 2.27. The lowest BCUT2D eigenvalue weighted by atomic mass is 10.2. The number of carbonyl (C=O) groups is 2. The number of aromatic nitrogens is 1. The maximum atomic E-state index is 11.7. The standard InChI is InChI=1S/C13H19N3O4/c1-13(2,3)20-12(19)15-7-6-14-11(18)9-4-5-10(17)16-8-9/h4-5,8H,6-7H2,1-3H3,(H,14,18)(H,15,19)(H,16,17). The lowest BCUT2D eigenvalue weighted by Crippen LogP contribution is -2.37. The van der Waals surface area contributed by atoms with E-state index < -0.39 is 11.7 Å². The van der Waals surface area contributed by atoms with Gasteiger partial charge in [-0.15, -0.1) is 0 Å². The van der Waals surface area contributed by atoms with E-state index in [1.54, 1.807) is 20.8 Å². The van der Waals surface area contributed by atoms with Crippen LogP contribution in [0.5, 0.6) is 0 Å². The van der Waals surface area contributed by atoms with Crippen LogP contribution in [0.2, 0.25) is 0 Å². The summed E-state index contributed by atoms with van der Waals surface area (Å²) < 4.78 is 5.04. The van der Waals surface area contributed by atoms with Crippen LogP contribution in [-0.4, -0.2) is 35.7 Å². The largest absolute Gasteiger partial charge is 0.444 e. The van der Waals surface area contributed by atoms with Crippen molar-refractivity contribution in [1.82, 2.24) is 15.6 Å². The first-order chi connectivity index (χ1) is 9.28. The van der Waals surface area contributed by atoms with Crippen molar-refractivity contribution < 1.29 is 14.3 Å². The molecule has 0 atom stereocenters. The van der Waals surface area contributed by atoms with E-state index in [-0.39, 0.29) is 24.6 Å². The van der Waals surface area contributed by atoms with Crippen LogP contribution < -0.4 is 16.2 Å². The van der Waals surface area contributed by atoms with E-state index in [2.05, 4.69) is 15.6 Å². The van der Waals surface area contributed by atoms with Gasteiger partial charge in [0.2, 0.25) is 5.56 Å². The molecule has 0 aliphatic rings. The van der Waals surface area contributed by atoms with Crippen molar-refractivity contribution in [2.45, 2.75) is 26.4 Å². The van der Waals surface area contributed by atoms with Gasteiger partial charge in [-0.25, -0.2) is 4.79 Å². The van der Waals surface area contributed by atoms with Crippen LogP contribution in [0.3, 0.4) is 0 Å². The molecule has 1 rings (SSSR count). The summed E-state index contributed by atoms with van der Waals surface area (Å²) in [6.07, 6.45) is 0.801. The van der Waals surface area contributed by atoms with Gasteiger partial charge in [0.25, 0.3) is 5.91 Å². The Hall–Kier alpha value is -2.31. The molecule has 7 heteroatoms. The van der Waals surface area contributed by atoms with Gasteiger partial charge >= 0.3 is 6.09 Å². The lowest BCUT2D eigenvalue weighted by molar-refractivity contribution is 0.0526. The van der Waals surface area contributed by atoms with Gasteiger partial charge in [-0.3, -0.25) is 9.59 Å². The molecule has 7 nitrogen and oxygen atoms in total. The number of amides is 2. The molecule has 0 spiro atoms. The topological polar surface area (TPSA) is 100 Å². The van der Waals surface area contributed by atoms with Crippen LogP contribution >= 0.6 is 0 Å². The van der Waals surface area contributed by atoms with E-state index in [0.717, 1.165) is 0 Å². The fourth-order valence-electron chi connectivity index (χ4n) is 1.31. The molecular formula is C13H19N3O4. The van der Waals surface area contributed by atoms with Crippen molar-refractivity contribution in [3.8, 4) is 0 Å². The third-order valence-corrected chi connectivity index (χ3v) is 2.13. The van der Waals surface area contributed by atoms with Crippen LogP contribution in [0.15, 0.2) is 23.1 Å². The van der Waals surface area contributed by atoms with Crippen molar-refractivity contribution in [2.24, 2.45) is 0 Å². The molecule has 110 valence electrons. The molecule has 1 aromatic rings. The number of nitrogens with one attached hydrogen (secondary N) is 3. The summed E-state index contributed by atoms with van der Waals surface area (Å²) in [5.74, 6) is -0.327. The second-order valence-corrected chi connectivity index (χ2v) is 5.13. The molecule has 0 fully saturated rings. The second-order valence-electron chi connectivity index (χ2n) is 5.13. The minimum absolute atomic E-state index is 0.254. The number of alkyl carbamates (subject to hydrolysis) is 1. The number of carbonyl (C=O) groups excluding carboxylic acids is 2. The second kappa shape index (κ2) is 6.74. The Kier molecular flexibility index (Phi) is 5.31. The summed E-state index contributed by atoms with van der Waals surface area (Å²) in [5.41, 5.74) is -0.474. The Bertz CT molecular complexity index is 511. The average Bonchev–Trinajstić information content (AvgIpc) is 2.33. The van der Waals surface area contributed by atoms with Gasteiger partial charge in [0, 0.05) is 25.4 Å². The Labute approximate surface area is 116 Å². The molecule has 0 aliphatic heterocycles. The van der Waals surface area contributed by atoms with E-state index in [1.165, 1.54) is 18.3 Å². The number of hydrogen-bond donors (Lipinski definition) is 3. The van der Waals surface area contributed by atoms with Crippen molar-refractivity contribution in [2.75, 3.05) is 13.1 Å². The summed E-state index contributed by atoms with van der Waals surface area (Å²) in [6.45, 7) is 5.82. The number of pyridine rings is 1. The van der Waals surface area contributed by atoms with E-state index in [0.29, 0.717) is 5.56 Å². The zero-order chi connectivity index (χ0) is 15.2. The molecule has 0 saturated carbocycles. The summed E-state index contributed by atoms with van der Waals surface area (Å²) >= 11 is 0. The number of hydrogen-bond acceptors (Lipinski definition) is 4. The molecule has 1 aromatic heterocycles. The van der Waals surface area contributed by atoms with E-state index >= 15 is 0 Å². The minimum Gasteiger partial charge on any atom is -0.444 e. The molecule has 1 heterocycles. The molecule has 3 N–H and O–H groups in total. The Morgan fingerprint density at radius 2 is 1.85 bits per heavy atom. The number of aromatic amines is 1. The highest BCUT2D eigenvalue weighted by molar-refractivity contribution is 5.93. The molecule has 0 aromatic carbocycles. The van der Waals surface area contributed by atoms with Crippen LogP contribution in [0, 0.1) is 0 Å². The quantitative estimate of drug-likeness (QED) is 0.705. The zero-order valence-electron chi connectivity index (χ0n) is 11.8. The van der Waals surface area contributed by atoms with Gasteiger partial charge in [-0.2, -0.15) is 0 Å². The first-order valence-corrected chi connectivity index (χ1v) is 6.22. The van der Waals surface area contributed by atoms with Gasteiger partial charge in [0.05, 0.1) is 5.56 Å². The smallest absolute Gasteiger partial charge is 0.407 e. The summed E-state index contributed by atoms with van der Waals surface area (Å²) in [6, 6.07) is 2.70. The summed E-state index contributed by atoms with van der Waals surface area (Å²) in [4.78, 5) is 36.2. The molecule has 0 bridgehead atoms. The van der Waals surface area contributed by atoms with Crippen molar-refractivity contribution in [3.05, 3.63) is 34.2 Å². The van der Waals surface area contributed by atoms with Crippen molar-refractivity contribution in [1.29, 1.82) is 0 Å². The third-order valence-electron chi connectivity index (χ3n) is 2.13.